The molecule has 1 saturated heterocycles. The largest absolute Gasteiger partial charge is 0.490 e. The molecule has 2 heterocycles. The van der Waals surface area contributed by atoms with Crippen molar-refractivity contribution in [3.63, 3.8) is 0 Å². The SMILES string of the molecule is NC(=O)C1CNCCN1Cc1ccc2c(c1)OCCCO2. The number of nitrogens with zero attached hydrogens (tertiary/aromatic N) is 1. The molecule has 0 radical (unpaired) electrons. The Balaban J connectivity index is 1.74. The van der Waals surface area contributed by atoms with Crippen molar-refractivity contribution < 1.29 is 14.3 Å². The fourth-order valence-electron chi connectivity index (χ4n) is 2.76. The molecule has 0 bridgehead atoms. The number of amides is 1. The predicted molar refractivity (Wildman–Crippen MR) is 78.3 cm³/mol. The molecule has 1 amide bonds. The van der Waals surface area contributed by atoms with Crippen molar-refractivity contribution >= 4 is 5.91 Å². The summed E-state index contributed by atoms with van der Waals surface area (Å²) in [4.78, 5) is 13.6. The third-order valence-electron chi connectivity index (χ3n) is 3.88. The van der Waals surface area contributed by atoms with Gasteiger partial charge in [-0.15, -0.1) is 0 Å². The Morgan fingerprint density at radius 1 is 1.33 bits per heavy atom. The molecule has 1 unspecified atom stereocenters. The van der Waals surface area contributed by atoms with Gasteiger partial charge in [0.05, 0.1) is 13.2 Å². The highest BCUT2D eigenvalue weighted by Crippen LogP contribution is 2.31. The highest BCUT2D eigenvalue weighted by molar-refractivity contribution is 5.80. The second-order valence-electron chi connectivity index (χ2n) is 5.42. The van der Waals surface area contributed by atoms with E-state index < -0.39 is 0 Å². The number of fused-ring (bicyclic) bond motifs is 1. The van der Waals surface area contributed by atoms with Gasteiger partial charge < -0.3 is 20.5 Å². The van der Waals surface area contributed by atoms with Gasteiger partial charge >= 0.3 is 0 Å². The predicted octanol–water partition coefficient (Wildman–Crippen LogP) is 0.107. The monoisotopic (exact) mass is 291 g/mol. The van der Waals surface area contributed by atoms with Crippen molar-refractivity contribution in [3.05, 3.63) is 23.8 Å². The van der Waals surface area contributed by atoms with Crippen molar-refractivity contribution in [1.82, 2.24) is 10.2 Å². The Bertz CT molecular complexity index is 521. The lowest BCUT2D eigenvalue weighted by Crippen LogP contribution is -2.56. The smallest absolute Gasteiger partial charge is 0.236 e. The second-order valence-corrected chi connectivity index (χ2v) is 5.42. The third-order valence-corrected chi connectivity index (χ3v) is 3.88. The minimum Gasteiger partial charge on any atom is -0.490 e. The van der Waals surface area contributed by atoms with Crippen LogP contribution >= 0.6 is 0 Å². The maximum atomic E-state index is 11.5. The highest BCUT2D eigenvalue weighted by Gasteiger charge is 2.26. The number of benzene rings is 1. The van der Waals surface area contributed by atoms with Gasteiger partial charge in [-0.2, -0.15) is 0 Å². The summed E-state index contributed by atoms with van der Waals surface area (Å²) in [5.74, 6) is 1.30. The molecule has 0 spiro atoms. The van der Waals surface area contributed by atoms with Crippen molar-refractivity contribution in [3.8, 4) is 11.5 Å². The summed E-state index contributed by atoms with van der Waals surface area (Å²) < 4.78 is 11.3. The maximum Gasteiger partial charge on any atom is 0.236 e. The molecule has 2 aliphatic heterocycles. The summed E-state index contributed by atoms with van der Waals surface area (Å²) in [6.45, 7) is 4.34. The van der Waals surface area contributed by atoms with E-state index in [0.29, 0.717) is 26.3 Å². The first-order chi connectivity index (χ1) is 10.2. The average Bonchev–Trinajstić information content (AvgIpc) is 2.72. The molecule has 0 aliphatic carbocycles. The molecule has 0 aromatic heterocycles. The van der Waals surface area contributed by atoms with E-state index in [1.807, 2.05) is 18.2 Å². The van der Waals surface area contributed by atoms with E-state index in [1.165, 1.54) is 0 Å². The fourth-order valence-corrected chi connectivity index (χ4v) is 2.76. The van der Waals surface area contributed by atoms with Crippen LogP contribution in [-0.2, 0) is 11.3 Å². The number of hydrogen-bond acceptors (Lipinski definition) is 5. The lowest BCUT2D eigenvalue weighted by atomic mass is 10.1. The topological polar surface area (TPSA) is 76.8 Å². The number of primary amides is 1. The van der Waals surface area contributed by atoms with E-state index >= 15 is 0 Å². The minimum atomic E-state index is -0.281. The highest BCUT2D eigenvalue weighted by atomic mass is 16.5. The lowest BCUT2D eigenvalue weighted by Gasteiger charge is -2.34. The summed E-state index contributed by atoms with van der Waals surface area (Å²) >= 11 is 0. The zero-order chi connectivity index (χ0) is 14.7. The van der Waals surface area contributed by atoms with Crippen LogP contribution in [0.1, 0.15) is 12.0 Å². The zero-order valence-electron chi connectivity index (χ0n) is 12.0. The molecule has 6 nitrogen and oxygen atoms in total. The number of carbonyl (C=O) groups excluding carboxylic acids is 1. The van der Waals surface area contributed by atoms with Gasteiger partial charge in [0.2, 0.25) is 5.91 Å². The molecule has 1 aromatic carbocycles. The maximum absolute atomic E-state index is 11.5. The standard InChI is InChI=1S/C15H21N3O3/c16-15(19)12-9-17-4-5-18(12)10-11-2-3-13-14(8-11)21-7-1-6-20-13/h2-3,8,12,17H,1,4-7,9-10H2,(H2,16,19). The quantitative estimate of drug-likeness (QED) is 0.826. The molecule has 0 saturated carbocycles. The number of rotatable bonds is 3. The Morgan fingerprint density at radius 3 is 2.95 bits per heavy atom. The molecule has 1 aromatic rings. The van der Waals surface area contributed by atoms with Gasteiger partial charge in [0, 0.05) is 32.6 Å². The van der Waals surface area contributed by atoms with E-state index in [9.17, 15) is 4.79 Å². The van der Waals surface area contributed by atoms with Crippen LogP contribution in [0.4, 0.5) is 0 Å². The first-order valence-electron chi connectivity index (χ1n) is 7.36. The van der Waals surface area contributed by atoms with Crippen LogP contribution in [0, 0.1) is 0 Å². The molecule has 21 heavy (non-hydrogen) atoms. The Hall–Kier alpha value is -1.79. The molecular formula is C15H21N3O3. The summed E-state index contributed by atoms with van der Waals surface area (Å²) in [5.41, 5.74) is 6.58. The second kappa shape index (κ2) is 6.32. The van der Waals surface area contributed by atoms with Gasteiger partial charge in [0.25, 0.3) is 0 Å². The molecule has 2 aliphatic rings. The van der Waals surface area contributed by atoms with Crippen LogP contribution in [0.15, 0.2) is 18.2 Å². The average molecular weight is 291 g/mol. The van der Waals surface area contributed by atoms with E-state index in [1.54, 1.807) is 0 Å². The molecule has 6 heteroatoms. The van der Waals surface area contributed by atoms with Gasteiger partial charge in [-0.1, -0.05) is 6.07 Å². The minimum absolute atomic E-state index is 0.255. The van der Waals surface area contributed by atoms with E-state index in [0.717, 1.165) is 36.6 Å². The molecule has 3 N–H and O–H groups in total. The van der Waals surface area contributed by atoms with Crippen LogP contribution in [0.3, 0.4) is 0 Å². The molecule has 1 atom stereocenters. The number of piperazine rings is 1. The first-order valence-corrected chi connectivity index (χ1v) is 7.36. The van der Waals surface area contributed by atoms with Crippen LogP contribution < -0.4 is 20.5 Å². The van der Waals surface area contributed by atoms with Crippen LogP contribution in [0.2, 0.25) is 0 Å². The fraction of sp³-hybridized carbons (Fsp3) is 0.533. The number of nitrogens with two attached hydrogens (primary N) is 1. The van der Waals surface area contributed by atoms with E-state index in [-0.39, 0.29) is 11.9 Å². The summed E-state index contributed by atoms with van der Waals surface area (Å²) in [6, 6.07) is 5.71. The number of carbonyl (C=O) groups is 1. The summed E-state index contributed by atoms with van der Waals surface area (Å²) in [6.07, 6.45) is 0.894. The van der Waals surface area contributed by atoms with E-state index in [2.05, 4.69) is 10.2 Å². The summed E-state index contributed by atoms with van der Waals surface area (Å²) in [5, 5.41) is 3.20. The Kier molecular flexibility index (Phi) is 4.26. The van der Waals surface area contributed by atoms with Gasteiger partial charge in [-0.25, -0.2) is 0 Å². The van der Waals surface area contributed by atoms with Crippen LogP contribution in [-0.4, -0.2) is 49.7 Å². The Morgan fingerprint density at radius 2 is 2.14 bits per heavy atom. The molecular weight excluding hydrogens is 270 g/mol. The normalized spacial score (nSPS) is 22.6. The van der Waals surface area contributed by atoms with Crippen molar-refractivity contribution in [2.45, 2.75) is 19.0 Å². The zero-order valence-corrected chi connectivity index (χ0v) is 12.0. The van der Waals surface area contributed by atoms with E-state index in [4.69, 9.17) is 15.2 Å². The van der Waals surface area contributed by atoms with Gasteiger partial charge in [0.1, 0.15) is 6.04 Å². The van der Waals surface area contributed by atoms with Crippen LogP contribution in [0.25, 0.3) is 0 Å². The number of nitrogens with one attached hydrogen (secondary N) is 1. The van der Waals surface area contributed by atoms with Crippen molar-refractivity contribution in [2.24, 2.45) is 5.73 Å². The third kappa shape index (κ3) is 3.28. The van der Waals surface area contributed by atoms with Crippen LogP contribution in [0.5, 0.6) is 11.5 Å². The first kappa shape index (κ1) is 14.2. The molecule has 3 rings (SSSR count). The van der Waals surface area contributed by atoms with Crippen molar-refractivity contribution in [2.75, 3.05) is 32.8 Å². The van der Waals surface area contributed by atoms with Gasteiger partial charge in [-0.05, 0) is 17.7 Å². The number of ether oxygens (including phenoxy) is 2. The molecule has 1 fully saturated rings. The summed E-state index contributed by atoms with van der Waals surface area (Å²) in [7, 11) is 0. The van der Waals surface area contributed by atoms with Crippen molar-refractivity contribution in [1.29, 1.82) is 0 Å². The lowest BCUT2D eigenvalue weighted by molar-refractivity contribution is -0.124. The van der Waals surface area contributed by atoms with Gasteiger partial charge in [-0.3, -0.25) is 9.69 Å². The molecule has 114 valence electrons. The Labute approximate surface area is 124 Å². The number of hydrogen-bond donors (Lipinski definition) is 2. The van der Waals surface area contributed by atoms with Gasteiger partial charge in [0.15, 0.2) is 11.5 Å².